The van der Waals surface area contributed by atoms with Gasteiger partial charge in [0, 0.05) is 0 Å². The van der Waals surface area contributed by atoms with Crippen molar-refractivity contribution in [1.82, 2.24) is 20.2 Å². The van der Waals surface area contributed by atoms with Gasteiger partial charge >= 0.3 is 0 Å². The Kier molecular flexibility index (Phi) is 3.00. The first kappa shape index (κ1) is 10.5. The second-order valence-corrected chi connectivity index (χ2v) is 4.56. The largest absolute Gasteiger partial charge is 0.322 e. The summed E-state index contributed by atoms with van der Waals surface area (Å²) in [6, 6.07) is 0.285. The summed E-state index contributed by atoms with van der Waals surface area (Å²) in [5.41, 5.74) is 5.83. The van der Waals surface area contributed by atoms with Gasteiger partial charge in [-0.1, -0.05) is 12.8 Å². The summed E-state index contributed by atoms with van der Waals surface area (Å²) in [4.78, 5) is 0. The fourth-order valence-corrected chi connectivity index (χ4v) is 2.43. The van der Waals surface area contributed by atoms with Crippen LogP contribution in [-0.4, -0.2) is 20.2 Å². The first-order valence-electron chi connectivity index (χ1n) is 5.73. The third-order valence-corrected chi connectivity index (χ3v) is 3.39. The van der Waals surface area contributed by atoms with Crippen molar-refractivity contribution >= 4 is 0 Å². The Morgan fingerprint density at radius 1 is 1.33 bits per heavy atom. The summed E-state index contributed by atoms with van der Waals surface area (Å²) in [5.74, 6) is 1.51. The minimum atomic E-state index is -0.0937. The zero-order chi connectivity index (χ0) is 10.8. The van der Waals surface area contributed by atoms with Gasteiger partial charge in [-0.25, -0.2) is 4.68 Å². The molecule has 2 rings (SSSR count). The van der Waals surface area contributed by atoms with Crippen molar-refractivity contribution in [2.75, 3.05) is 0 Å². The summed E-state index contributed by atoms with van der Waals surface area (Å²) in [6.45, 7) is 4.11. The molecule has 0 spiro atoms. The van der Waals surface area contributed by atoms with E-state index < -0.39 is 0 Å². The molecule has 1 aromatic heterocycles. The molecule has 84 valence electrons. The van der Waals surface area contributed by atoms with Crippen molar-refractivity contribution in [2.24, 2.45) is 11.7 Å². The quantitative estimate of drug-likeness (QED) is 0.817. The van der Waals surface area contributed by atoms with Crippen LogP contribution in [0.25, 0.3) is 0 Å². The highest BCUT2D eigenvalue weighted by molar-refractivity contribution is 4.91. The molecule has 5 heteroatoms. The lowest BCUT2D eigenvalue weighted by Crippen LogP contribution is -2.21. The van der Waals surface area contributed by atoms with Crippen LogP contribution in [0.3, 0.4) is 0 Å². The predicted octanol–water partition coefficient (Wildman–Crippen LogP) is 1.44. The highest BCUT2D eigenvalue weighted by Gasteiger charge is 2.26. The van der Waals surface area contributed by atoms with Gasteiger partial charge in [-0.3, -0.25) is 0 Å². The fourth-order valence-electron chi connectivity index (χ4n) is 2.43. The first-order valence-corrected chi connectivity index (χ1v) is 5.73. The number of nitrogens with two attached hydrogens (primary N) is 1. The molecule has 0 aromatic carbocycles. The molecule has 1 aliphatic carbocycles. The van der Waals surface area contributed by atoms with E-state index in [2.05, 4.69) is 22.4 Å². The van der Waals surface area contributed by atoms with Crippen LogP contribution in [-0.2, 0) is 0 Å². The van der Waals surface area contributed by atoms with E-state index in [1.165, 1.54) is 25.7 Å². The molecule has 1 heterocycles. The SMILES string of the molecule is CC(N)c1nnnn1C(C)C1CCCC1. The summed E-state index contributed by atoms with van der Waals surface area (Å²) < 4.78 is 1.90. The molecule has 1 fully saturated rings. The van der Waals surface area contributed by atoms with Crippen molar-refractivity contribution in [2.45, 2.75) is 51.6 Å². The van der Waals surface area contributed by atoms with E-state index in [9.17, 15) is 0 Å². The van der Waals surface area contributed by atoms with Gasteiger partial charge < -0.3 is 5.73 Å². The molecule has 0 saturated heterocycles. The molecular formula is C10H19N5. The zero-order valence-corrected chi connectivity index (χ0v) is 9.43. The van der Waals surface area contributed by atoms with Crippen molar-refractivity contribution < 1.29 is 0 Å². The van der Waals surface area contributed by atoms with Crippen LogP contribution in [0.4, 0.5) is 0 Å². The van der Waals surface area contributed by atoms with Gasteiger partial charge in [0.1, 0.15) is 0 Å². The molecule has 15 heavy (non-hydrogen) atoms. The van der Waals surface area contributed by atoms with Crippen LogP contribution in [0.1, 0.15) is 57.4 Å². The smallest absolute Gasteiger partial charge is 0.167 e. The Balaban J connectivity index is 2.16. The second kappa shape index (κ2) is 4.26. The summed E-state index contributed by atoms with van der Waals surface area (Å²) in [7, 11) is 0. The van der Waals surface area contributed by atoms with Gasteiger partial charge in [-0.05, 0) is 43.0 Å². The zero-order valence-electron chi connectivity index (χ0n) is 9.43. The van der Waals surface area contributed by atoms with Crippen LogP contribution < -0.4 is 5.73 Å². The number of rotatable bonds is 3. The number of tetrazole rings is 1. The summed E-state index contributed by atoms with van der Waals surface area (Å²) in [6.07, 6.45) is 5.26. The number of aromatic nitrogens is 4. The minimum Gasteiger partial charge on any atom is -0.322 e. The molecule has 2 N–H and O–H groups in total. The van der Waals surface area contributed by atoms with Gasteiger partial charge in [-0.15, -0.1) is 5.10 Å². The van der Waals surface area contributed by atoms with E-state index in [-0.39, 0.29) is 6.04 Å². The lowest BCUT2D eigenvalue weighted by atomic mass is 10.00. The molecule has 5 nitrogen and oxygen atoms in total. The van der Waals surface area contributed by atoms with E-state index in [1.807, 2.05) is 11.6 Å². The van der Waals surface area contributed by atoms with Gasteiger partial charge in [0.25, 0.3) is 0 Å². The Hall–Kier alpha value is -0.970. The third-order valence-electron chi connectivity index (χ3n) is 3.39. The average Bonchev–Trinajstić information content (AvgIpc) is 2.88. The normalized spacial score (nSPS) is 21.8. The maximum absolute atomic E-state index is 5.83. The van der Waals surface area contributed by atoms with Crippen LogP contribution in [0.2, 0.25) is 0 Å². The van der Waals surface area contributed by atoms with Gasteiger partial charge in [0.05, 0.1) is 12.1 Å². The van der Waals surface area contributed by atoms with E-state index in [0.29, 0.717) is 12.0 Å². The molecule has 0 amide bonds. The van der Waals surface area contributed by atoms with Crippen LogP contribution in [0, 0.1) is 5.92 Å². The van der Waals surface area contributed by atoms with E-state index in [0.717, 1.165) is 5.82 Å². The fraction of sp³-hybridized carbons (Fsp3) is 0.900. The second-order valence-electron chi connectivity index (χ2n) is 4.56. The van der Waals surface area contributed by atoms with Gasteiger partial charge in [0.2, 0.25) is 0 Å². The summed E-state index contributed by atoms with van der Waals surface area (Å²) >= 11 is 0. The van der Waals surface area contributed by atoms with Gasteiger partial charge in [-0.2, -0.15) is 0 Å². The number of nitrogens with zero attached hydrogens (tertiary/aromatic N) is 4. The first-order chi connectivity index (χ1) is 7.20. The Labute approximate surface area is 90.0 Å². The third kappa shape index (κ3) is 2.02. The molecule has 0 radical (unpaired) electrons. The van der Waals surface area contributed by atoms with E-state index in [1.54, 1.807) is 0 Å². The Morgan fingerprint density at radius 3 is 2.60 bits per heavy atom. The topological polar surface area (TPSA) is 69.6 Å². The average molecular weight is 209 g/mol. The molecule has 2 unspecified atom stereocenters. The van der Waals surface area contributed by atoms with Crippen LogP contribution in [0.5, 0.6) is 0 Å². The predicted molar refractivity (Wildman–Crippen MR) is 57.1 cm³/mol. The Bertz CT molecular complexity index is 313. The molecule has 1 aliphatic rings. The van der Waals surface area contributed by atoms with Crippen molar-refractivity contribution in [3.05, 3.63) is 5.82 Å². The van der Waals surface area contributed by atoms with Crippen LogP contribution >= 0.6 is 0 Å². The maximum atomic E-state index is 5.83. The molecule has 2 atom stereocenters. The Morgan fingerprint density at radius 2 is 2.00 bits per heavy atom. The van der Waals surface area contributed by atoms with Crippen molar-refractivity contribution in [1.29, 1.82) is 0 Å². The maximum Gasteiger partial charge on any atom is 0.167 e. The number of hydrogen-bond donors (Lipinski definition) is 1. The molecule has 1 aromatic rings. The van der Waals surface area contributed by atoms with Crippen molar-refractivity contribution in [3.63, 3.8) is 0 Å². The van der Waals surface area contributed by atoms with Gasteiger partial charge in [0.15, 0.2) is 5.82 Å². The van der Waals surface area contributed by atoms with E-state index >= 15 is 0 Å². The standard InChI is InChI=1S/C10H19N5/c1-7(11)10-12-13-14-15(10)8(2)9-5-3-4-6-9/h7-9H,3-6,11H2,1-2H3. The monoisotopic (exact) mass is 209 g/mol. The molecule has 0 bridgehead atoms. The molecule has 0 aliphatic heterocycles. The van der Waals surface area contributed by atoms with Crippen molar-refractivity contribution in [3.8, 4) is 0 Å². The lowest BCUT2D eigenvalue weighted by Gasteiger charge is -2.20. The van der Waals surface area contributed by atoms with E-state index in [4.69, 9.17) is 5.73 Å². The number of hydrogen-bond acceptors (Lipinski definition) is 4. The molecule has 1 saturated carbocycles. The lowest BCUT2D eigenvalue weighted by molar-refractivity contribution is 0.317. The van der Waals surface area contributed by atoms with Crippen LogP contribution in [0.15, 0.2) is 0 Å². The summed E-state index contributed by atoms with van der Waals surface area (Å²) in [5, 5.41) is 11.8. The minimum absolute atomic E-state index is 0.0937. The highest BCUT2D eigenvalue weighted by atomic mass is 15.6. The molecular weight excluding hydrogens is 190 g/mol. The highest BCUT2D eigenvalue weighted by Crippen LogP contribution is 2.34.